The van der Waals surface area contributed by atoms with Crippen LogP contribution in [-0.4, -0.2) is 65.6 Å². The van der Waals surface area contributed by atoms with Crippen molar-refractivity contribution >= 4 is 11.9 Å². The van der Waals surface area contributed by atoms with Gasteiger partial charge in [-0.3, -0.25) is 14.5 Å². The molecule has 0 aromatic heterocycles. The Bertz CT molecular complexity index is 619. The summed E-state index contributed by atoms with van der Waals surface area (Å²) in [7, 11) is 0. The van der Waals surface area contributed by atoms with Gasteiger partial charge in [-0.05, 0) is 32.0 Å². The number of aliphatic carboxylic acids is 1. The van der Waals surface area contributed by atoms with Gasteiger partial charge in [-0.25, -0.2) is 4.39 Å². The van der Waals surface area contributed by atoms with Crippen LogP contribution in [0.1, 0.15) is 19.8 Å². The maximum Gasteiger partial charge on any atom is 0.303 e. The third-order valence-corrected chi connectivity index (χ3v) is 4.12. The Kier molecular flexibility index (Phi) is 6.69. The number of carbonyl (C=O) groups is 2. The zero-order chi connectivity index (χ0) is 18.4. The average Bonchev–Trinajstić information content (AvgIpc) is 2.58. The Hall–Kier alpha value is -2.22. The monoisotopic (exact) mass is 356 g/mol. The van der Waals surface area contributed by atoms with Gasteiger partial charge in [-0.1, -0.05) is 6.07 Å². The molecule has 1 heterocycles. The highest BCUT2D eigenvalue weighted by Crippen LogP contribution is 2.21. The highest BCUT2D eigenvalue weighted by atomic mass is 19.2. The third-order valence-electron chi connectivity index (χ3n) is 4.12. The first kappa shape index (κ1) is 19.1. The van der Waals surface area contributed by atoms with Crippen LogP contribution < -0.4 is 4.74 Å². The molecule has 6 nitrogen and oxygen atoms in total. The Labute approximate surface area is 145 Å². The zero-order valence-electron chi connectivity index (χ0n) is 14.1. The quantitative estimate of drug-likeness (QED) is 0.806. The van der Waals surface area contributed by atoms with E-state index in [9.17, 15) is 18.4 Å². The van der Waals surface area contributed by atoms with Crippen molar-refractivity contribution in [3.63, 3.8) is 0 Å². The molecule has 138 valence electrons. The van der Waals surface area contributed by atoms with E-state index in [1.54, 1.807) is 4.90 Å². The van der Waals surface area contributed by atoms with E-state index < -0.39 is 23.7 Å². The summed E-state index contributed by atoms with van der Waals surface area (Å²) in [5.74, 6) is -3.51. The molecule has 0 aliphatic carbocycles. The van der Waals surface area contributed by atoms with Crippen molar-refractivity contribution in [2.24, 2.45) is 0 Å². The molecule has 1 aliphatic heterocycles. The summed E-state index contributed by atoms with van der Waals surface area (Å²) in [5, 5.41) is 8.64. The lowest BCUT2D eigenvalue weighted by Crippen LogP contribution is -2.52. The zero-order valence-corrected chi connectivity index (χ0v) is 14.1. The number of hydrogen-bond acceptors (Lipinski definition) is 4. The van der Waals surface area contributed by atoms with Crippen LogP contribution in [-0.2, 0) is 9.59 Å². The molecule has 1 aromatic rings. The molecule has 0 saturated carbocycles. The topological polar surface area (TPSA) is 70.1 Å². The molecule has 1 fully saturated rings. The van der Waals surface area contributed by atoms with Gasteiger partial charge >= 0.3 is 5.97 Å². The van der Waals surface area contributed by atoms with Crippen LogP contribution in [0.25, 0.3) is 0 Å². The molecule has 1 saturated heterocycles. The van der Waals surface area contributed by atoms with E-state index in [-0.39, 0.29) is 18.1 Å². The van der Waals surface area contributed by atoms with E-state index in [2.05, 4.69) is 4.90 Å². The van der Waals surface area contributed by atoms with Crippen LogP contribution in [0.3, 0.4) is 0 Å². The molecular weight excluding hydrogens is 334 g/mol. The molecule has 1 amide bonds. The number of amides is 1. The van der Waals surface area contributed by atoms with Crippen LogP contribution in [0.15, 0.2) is 18.2 Å². The minimum absolute atomic E-state index is 0.128. The molecule has 8 heteroatoms. The van der Waals surface area contributed by atoms with Crippen molar-refractivity contribution in [2.75, 3.05) is 32.7 Å². The smallest absolute Gasteiger partial charge is 0.303 e. The molecule has 0 radical (unpaired) electrons. The first-order chi connectivity index (χ1) is 11.9. The molecule has 1 aliphatic rings. The Balaban J connectivity index is 1.81. The number of carboxylic acid groups (broad SMARTS) is 1. The maximum absolute atomic E-state index is 13.6. The predicted molar refractivity (Wildman–Crippen MR) is 86.3 cm³/mol. The average molecular weight is 356 g/mol. The van der Waals surface area contributed by atoms with Crippen molar-refractivity contribution in [1.82, 2.24) is 9.80 Å². The van der Waals surface area contributed by atoms with E-state index in [0.29, 0.717) is 39.1 Å². The molecule has 25 heavy (non-hydrogen) atoms. The van der Waals surface area contributed by atoms with Gasteiger partial charge in [0, 0.05) is 32.6 Å². The van der Waals surface area contributed by atoms with Crippen molar-refractivity contribution in [3.05, 3.63) is 29.8 Å². The number of nitrogens with zero attached hydrogens (tertiary/aromatic N) is 2. The van der Waals surface area contributed by atoms with E-state index in [4.69, 9.17) is 9.84 Å². The number of halogens is 2. The highest BCUT2D eigenvalue weighted by molar-refractivity contribution is 5.81. The minimum Gasteiger partial charge on any atom is -0.481 e. The Morgan fingerprint density at radius 1 is 1.24 bits per heavy atom. The highest BCUT2D eigenvalue weighted by Gasteiger charge is 2.26. The standard InChI is InChI=1S/C17H22F2N2O4/c1-12(25-14-5-2-4-13(18)16(14)19)17(24)21-10-8-20(9-11-21)7-3-6-15(22)23/h2,4-5,12H,3,6-11H2,1H3,(H,22,23). The molecule has 2 rings (SSSR count). The van der Waals surface area contributed by atoms with Crippen molar-refractivity contribution in [3.8, 4) is 5.75 Å². The fraction of sp³-hybridized carbons (Fsp3) is 0.529. The predicted octanol–water partition coefficient (Wildman–Crippen LogP) is 1.74. The van der Waals surface area contributed by atoms with Gasteiger partial charge in [0.25, 0.3) is 5.91 Å². The first-order valence-corrected chi connectivity index (χ1v) is 8.22. The second-order valence-corrected chi connectivity index (χ2v) is 5.98. The largest absolute Gasteiger partial charge is 0.481 e. The van der Waals surface area contributed by atoms with Crippen molar-refractivity contribution < 1.29 is 28.2 Å². The fourth-order valence-electron chi connectivity index (χ4n) is 2.72. The number of rotatable bonds is 7. The summed E-state index contributed by atoms with van der Waals surface area (Å²) < 4.78 is 32.1. The summed E-state index contributed by atoms with van der Waals surface area (Å²) in [6.07, 6.45) is -0.222. The normalized spacial score (nSPS) is 16.5. The lowest BCUT2D eigenvalue weighted by molar-refractivity contribution is -0.139. The summed E-state index contributed by atoms with van der Waals surface area (Å²) in [5.41, 5.74) is 0. The number of hydrogen-bond donors (Lipinski definition) is 1. The minimum atomic E-state index is -1.11. The SMILES string of the molecule is CC(Oc1cccc(F)c1F)C(=O)N1CCN(CCCC(=O)O)CC1. The van der Waals surface area contributed by atoms with Crippen molar-refractivity contribution in [2.45, 2.75) is 25.9 Å². The van der Waals surface area contributed by atoms with Gasteiger partial charge in [0.05, 0.1) is 0 Å². The second kappa shape index (κ2) is 8.75. The van der Waals surface area contributed by atoms with Gasteiger partial charge in [-0.2, -0.15) is 4.39 Å². The lowest BCUT2D eigenvalue weighted by atomic mass is 10.2. The van der Waals surface area contributed by atoms with Gasteiger partial charge in [0.15, 0.2) is 17.7 Å². The van der Waals surface area contributed by atoms with Crippen LogP contribution in [0.4, 0.5) is 8.78 Å². The number of ether oxygens (including phenoxy) is 1. The Morgan fingerprint density at radius 3 is 2.56 bits per heavy atom. The molecule has 1 aromatic carbocycles. The first-order valence-electron chi connectivity index (χ1n) is 8.22. The summed E-state index contributed by atoms with van der Waals surface area (Å²) in [4.78, 5) is 26.6. The number of carbonyl (C=O) groups excluding carboxylic acids is 1. The molecule has 1 atom stereocenters. The molecule has 0 spiro atoms. The fourth-order valence-corrected chi connectivity index (χ4v) is 2.72. The van der Waals surface area contributed by atoms with Gasteiger partial charge < -0.3 is 14.7 Å². The van der Waals surface area contributed by atoms with Crippen LogP contribution in [0.5, 0.6) is 5.75 Å². The summed E-state index contributed by atoms with van der Waals surface area (Å²) >= 11 is 0. The van der Waals surface area contributed by atoms with Crippen LogP contribution in [0.2, 0.25) is 0 Å². The second-order valence-electron chi connectivity index (χ2n) is 5.98. The van der Waals surface area contributed by atoms with Crippen molar-refractivity contribution in [1.29, 1.82) is 0 Å². The number of carboxylic acids is 1. The number of piperazine rings is 1. The van der Waals surface area contributed by atoms with E-state index in [0.717, 1.165) is 6.07 Å². The summed E-state index contributed by atoms with van der Waals surface area (Å²) in [6.45, 7) is 4.45. The van der Waals surface area contributed by atoms with E-state index >= 15 is 0 Å². The van der Waals surface area contributed by atoms with Crippen LogP contribution >= 0.6 is 0 Å². The van der Waals surface area contributed by atoms with Gasteiger partial charge in [-0.15, -0.1) is 0 Å². The Morgan fingerprint density at radius 2 is 1.92 bits per heavy atom. The molecule has 0 bridgehead atoms. The van der Waals surface area contributed by atoms with Gasteiger partial charge in [0.1, 0.15) is 0 Å². The van der Waals surface area contributed by atoms with Crippen LogP contribution in [0, 0.1) is 11.6 Å². The van der Waals surface area contributed by atoms with E-state index in [1.807, 2.05) is 0 Å². The molecule has 1 unspecified atom stereocenters. The lowest BCUT2D eigenvalue weighted by Gasteiger charge is -2.35. The van der Waals surface area contributed by atoms with Gasteiger partial charge in [0.2, 0.25) is 5.82 Å². The molecular formula is C17H22F2N2O4. The van der Waals surface area contributed by atoms with E-state index in [1.165, 1.54) is 19.1 Å². The third kappa shape index (κ3) is 5.38. The maximum atomic E-state index is 13.6. The number of benzene rings is 1. The molecule has 1 N–H and O–H groups in total. The summed E-state index contributed by atoms with van der Waals surface area (Å²) in [6, 6.07) is 3.59.